The molecule has 1 nitrogen and oxygen atoms in total. The lowest BCUT2D eigenvalue weighted by Gasteiger charge is -2.08. The Hall–Kier alpha value is -0.0400. The molecule has 3 saturated carbocycles. The molecule has 1 N–H and O–H groups in total. The third kappa shape index (κ3) is 0.834. The average molecular weight is 165 g/mol. The van der Waals surface area contributed by atoms with E-state index in [2.05, 4.69) is 12.2 Å². The number of rotatable bonds is 3. The Morgan fingerprint density at radius 2 is 1.83 bits per heavy atom. The Labute approximate surface area is 74.9 Å². The summed E-state index contributed by atoms with van der Waals surface area (Å²) in [5.74, 6) is 4.51. The molecule has 3 aliphatic rings. The van der Waals surface area contributed by atoms with Crippen LogP contribution in [0.1, 0.15) is 32.6 Å². The number of fused-ring (bicyclic) bond motifs is 5. The van der Waals surface area contributed by atoms with E-state index >= 15 is 0 Å². The lowest BCUT2D eigenvalue weighted by Crippen LogP contribution is -2.23. The summed E-state index contributed by atoms with van der Waals surface area (Å²) in [4.78, 5) is 0. The molecule has 0 spiro atoms. The molecule has 4 unspecified atom stereocenters. The monoisotopic (exact) mass is 165 g/mol. The van der Waals surface area contributed by atoms with Crippen LogP contribution in [0.3, 0.4) is 0 Å². The SMILES string of the molecule is CCCNC1C2C3CCC(C3)C12. The fourth-order valence-electron chi connectivity index (χ4n) is 3.91. The molecule has 3 aliphatic carbocycles. The second kappa shape index (κ2) is 2.47. The first-order valence-corrected chi connectivity index (χ1v) is 5.65. The van der Waals surface area contributed by atoms with Gasteiger partial charge in [-0.25, -0.2) is 0 Å². The van der Waals surface area contributed by atoms with Crippen molar-refractivity contribution in [3.63, 3.8) is 0 Å². The summed E-state index contributed by atoms with van der Waals surface area (Å²) >= 11 is 0. The van der Waals surface area contributed by atoms with Crippen LogP contribution in [0.4, 0.5) is 0 Å². The fourth-order valence-corrected chi connectivity index (χ4v) is 3.91. The van der Waals surface area contributed by atoms with Gasteiger partial charge in [0.1, 0.15) is 0 Å². The topological polar surface area (TPSA) is 12.0 Å². The second-order valence-electron chi connectivity index (χ2n) is 4.97. The summed E-state index contributed by atoms with van der Waals surface area (Å²) in [7, 11) is 0. The van der Waals surface area contributed by atoms with Crippen LogP contribution in [0.25, 0.3) is 0 Å². The summed E-state index contributed by atoms with van der Waals surface area (Å²) in [6.07, 6.45) is 5.98. The maximum absolute atomic E-state index is 3.71. The lowest BCUT2D eigenvalue weighted by atomic mass is 10.0. The molecular formula is C11H19N. The van der Waals surface area contributed by atoms with Crippen molar-refractivity contribution in [1.82, 2.24) is 5.32 Å². The quantitative estimate of drug-likeness (QED) is 0.674. The first kappa shape index (κ1) is 7.37. The Morgan fingerprint density at radius 3 is 2.42 bits per heavy atom. The zero-order valence-corrected chi connectivity index (χ0v) is 7.92. The molecule has 0 radical (unpaired) electrons. The minimum absolute atomic E-state index is 0.955. The molecule has 0 aromatic carbocycles. The second-order valence-corrected chi connectivity index (χ2v) is 4.97. The van der Waals surface area contributed by atoms with E-state index in [0.717, 1.165) is 29.7 Å². The van der Waals surface area contributed by atoms with Crippen LogP contribution in [-0.2, 0) is 0 Å². The lowest BCUT2D eigenvalue weighted by molar-refractivity contribution is 0.456. The van der Waals surface area contributed by atoms with E-state index in [1.54, 1.807) is 19.3 Å². The standard InChI is InChI=1S/C11H19N/c1-2-5-12-11-9-7-3-4-8(6-7)10(9)11/h7-12H,2-6H2,1H3. The molecule has 0 aromatic heterocycles. The summed E-state index contributed by atoms with van der Waals surface area (Å²) < 4.78 is 0. The molecule has 3 rings (SSSR count). The first-order chi connectivity index (χ1) is 5.92. The summed E-state index contributed by atoms with van der Waals surface area (Å²) in [6.45, 7) is 3.51. The molecule has 0 aromatic rings. The van der Waals surface area contributed by atoms with Crippen LogP contribution in [0.15, 0.2) is 0 Å². The molecule has 1 heteroatoms. The highest BCUT2D eigenvalue weighted by atomic mass is 15.0. The van der Waals surface area contributed by atoms with Crippen molar-refractivity contribution in [1.29, 1.82) is 0 Å². The fraction of sp³-hybridized carbons (Fsp3) is 1.00. The molecule has 0 aliphatic heterocycles. The van der Waals surface area contributed by atoms with Crippen LogP contribution in [-0.4, -0.2) is 12.6 Å². The highest BCUT2D eigenvalue weighted by Gasteiger charge is 2.64. The number of hydrogen-bond donors (Lipinski definition) is 1. The van der Waals surface area contributed by atoms with Crippen LogP contribution >= 0.6 is 0 Å². The van der Waals surface area contributed by atoms with Crippen molar-refractivity contribution < 1.29 is 0 Å². The Morgan fingerprint density at radius 1 is 1.17 bits per heavy atom. The highest BCUT2D eigenvalue weighted by Crippen LogP contribution is 2.65. The normalized spacial score (nSPS) is 54.2. The Balaban J connectivity index is 1.60. The third-order valence-corrected chi connectivity index (χ3v) is 4.37. The van der Waals surface area contributed by atoms with E-state index in [4.69, 9.17) is 0 Å². The van der Waals surface area contributed by atoms with E-state index < -0.39 is 0 Å². The molecule has 2 bridgehead atoms. The van der Waals surface area contributed by atoms with Crippen molar-refractivity contribution in [3.05, 3.63) is 0 Å². The van der Waals surface area contributed by atoms with Gasteiger partial charge < -0.3 is 5.32 Å². The van der Waals surface area contributed by atoms with Gasteiger partial charge in [0.2, 0.25) is 0 Å². The maximum atomic E-state index is 3.71. The molecule has 0 saturated heterocycles. The van der Waals surface area contributed by atoms with Crippen molar-refractivity contribution in [2.24, 2.45) is 23.7 Å². The van der Waals surface area contributed by atoms with E-state index in [-0.39, 0.29) is 0 Å². The minimum atomic E-state index is 0.955. The smallest absolute Gasteiger partial charge is 0.0135 e. The van der Waals surface area contributed by atoms with Gasteiger partial charge in [0.15, 0.2) is 0 Å². The highest BCUT2D eigenvalue weighted by molar-refractivity contribution is 5.16. The molecule has 4 atom stereocenters. The van der Waals surface area contributed by atoms with E-state index in [1.165, 1.54) is 13.0 Å². The van der Waals surface area contributed by atoms with Crippen LogP contribution in [0, 0.1) is 23.7 Å². The van der Waals surface area contributed by atoms with Crippen LogP contribution in [0.5, 0.6) is 0 Å². The molecule has 12 heavy (non-hydrogen) atoms. The summed E-state index contributed by atoms with van der Waals surface area (Å²) in [5.41, 5.74) is 0. The zero-order chi connectivity index (χ0) is 8.13. The van der Waals surface area contributed by atoms with Gasteiger partial charge in [-0.2, -0.15) is 0 Å². The Bertz CT molecular complexity index is 173. The van der Waals surface area contributed by atoms with E-state index in [1.807, 2.05) is 0 Å². The molecule has 0 amide bonds. The van der Waals surface area contributed by atoms with Gasteiger partial charge in [-0.15, -0.1) is 0 Å². The Kier molecular flexibility index (Phi) is 1.52. The van der Waals surface area contributed by atoms with Crippen molar-refractivity contribution in [2.45, 2.75) is 38.6 Å². The number of nitrogens with one attached hydrogen (secondary N) is 1. The summed E-state index contributed by atoms with van der Waals surface area (Å²) in [5, 5.41) is 3.71. The molecule has 0 heterocycles. The van der Waals surface area contributed by atoms with E-state index in [9.17, 15) is 0 Å². The van der Waals surface area contributed by atoms with Crippen molar-refractivity contribution in [3.8, 4) is 0 Å². The van der Waals surface area contributed by atoms with E-state index in [0.29, 0.717) is 0 Å². The average Bonchev–Trinajstić information content (AvgIpc) is 2.52. The molecule has 3 fully saturated rings. The van der Waals surface area contributed by atoms with Crippen LogP contribution < -0.4 is 5.32 Å². The first-order valence-electron chi connectivity index (χ1n) is 5.65. The largest absolute Gasteiger partial charge is 0.313 e. The summed E-state index contributed by atoms with van der Waals surface area (Å²) in [6, 6.07) is 0.955. The predicted octanol–water partition coefficient (Wildman–Crippen LogP) is 2.03. The van der Waals surface area contributed by atoms with Gasteiger partial charge in [0.05, 0.1) is 0 Å². The van der Waals surface area contributed by atoms with Crippen molar-refractivity contribution in [2.75, 3.05) is 6.54 Å². The van der Waals surface area contributed by atoms with Gasteiger partial charge >= 0.3 is 0 Å². The van der Waals surface area contributed by atoms with Gasteiger partial charge in [-0.05, 0) is 55.9 Å². The maximum Gasteiger partial charge on any atom is 0.0135 e. The molecule has 68 valence electrons. The third-order valence-electron chi connectivity index (χ3n) is 4.37. The van der Waals surface area contributed by atoms with Crippen LogP contribution in [0.2, 0.25) is 0 Å². The minimum Gasteiger partial charge on any atom is -0.313 e. The predicted molar refractivity (Wildman–Crippen MR) is 49.9 cm³/mol. The van der Waals surface area contributed by atoms with Gasteiger partial charge in [-0.1, -0.05) is 6.92 Å². The number of hydrogen-bond acceptors (Lipinski definition) is 1. The van der Waals surface area contributed by atoms with Gasteiger partial charge in [-0.3, -0.25) is 0 Å². The van der Waals surface area contributed by atoms with Gasteiger partial charge in [0.25, 0.3) is 0 Å². The molecular weight excluding hydrogens is 146 g/mol. The van der Waals surface area contributed by atoms with Crippen molar-refractivity contribution >= 4 is 0 Å². The zero-order valence-electron chi connectivity index (χ0n) is 7.92. The van der Waals surface area contributed by atoms with Gasteiger partial charge in [0, 0.05) is 6.04 Å².